The molecular weight excluding hydrogens is 258 g/mol. The van der Waals surface area contributed by atoms with Crippen molar-refractivity contribution in [2.75, 3.05) is 0 Å². The first-order valence-corrected chi connectivity index (χ1v) is 8.01. The Bertz CT molecular complexity index is 425. The van der Waals surface area contributed by atoms with E-state index in [1.54, 1.807) is 11.3 Å². The van der Waals surface area contributed by atoms with E-state index in [0.29, 0.717) is 6.42 Å². The van der Waals surface area contributed by atoms with Crippen LogP contribution in [0.1, 0.15) is 60.5 Å². The summed E-state index contributed by atoms with van der Waals surface area (Å²) >= 11 is 1.66. The second-order valence-electron chi connectivity index (χ2n) is 5.78. The van der Waals surface area contributed by atoms with Crippen LogP contribution in [0.4, 0.5) is 0 Å². The van der Waals surface area contributed by atoms with Gasteiger partial charge in [0.25, 0.3) is 0 Å². The van der Waals surface area contributed by atoms with Crippen molar-refractivity contribution >= 4 is 17.3 Å². The molecule has 0 spiro atoms. The zero-order valence-corrected chi connectivity index (χ0v) is 12.7. The van der Waals surface area contributed by atoms with Gasteiger partial charge < -0.3 is 5.11 Å². The van der Waals surface area contributed by atoms with Crippen LogP contribution in [-0.2, 0) is 11.2 Å². The van der Waals surface area contributed by atoms with Crippen LogP contribution >= 0.6 is 11.3 Å². The average molecular weight is 281 g/mol. The summed E-state index contributed by atoms with van der Waals surface area (Å²) < 4.78 is 0. The molecule has 1 aromatic heterocycles. The first-order chi connectivity index (χ1) is 9.03. The third-order valence-corrected chi connectivity index (χ3v) is 5.40. The van der Waals surface area contributed by atoms with Crippen LogP contribution < -0.4 is 0 Å². The van der Waals surface area contributed by atoms with Gasteiger partial charge in [-0.3, -0.25) is 4.79 Å². The molecule has 1 aliphatic carbocycles. The molecule has 4 heteroatoms. The highest BCUT2D eigenvalue weighted by molar-refractivity contribution is 7.11. The van der Waals surface area contributed by atoms with Crippen LogP contribution in [0.5, 0.6) is 0 Å². The standard InChI is InChI=1S/C15H23NO2S/c1-11-12(2)19-13(16-11)10-15(14(17)18)8-6-4-3-5-7-9-15/h3-10H2,1-2H3,(H,17,18). The molecule has 0 saturated heterocycles. The van der Waals surface area contributed by atoms with Gasteiger partial charge in [0, 0.05) is 11.3 Å². The van der Waals surface area contributed by atoms with Crippen LogP contribution in [-0.4, -0.2) is 16.1 Å². The highest BCUT2D eigenvalue weighted by atomic mass is 32.1. The molecule has 1 heterocycles. The van der Waals surface area contributed by atoms with Crippen molar-refractivity contribution in [2.24, 2.45) is 5.41 Å². The van der Waals surface area contributed by atoms with Crippen molar-refractivity contribution in [2.45, 2.75) is 65.2 Å². The van der Waals surface area contributed by atoms with Gasteiger partial charge in [-0.2, -0.15) is 0 Å². The van der Waals surface area contributed by atoms with E-state index in [2.05, 4.69) is 11.9 Å². The number of hydrogen-bond donors (Lipinski definition) is 1. The van der Waals surface area contributed by atoms with E-state index in [0.717, 1.165) is 36.4 Å². The molecule has 1 fully saturated rings. The summed E-state index contributed by atoms with van der Waals surface area (Å²) in [7, 11) is 0. The van der Waals surface area contributed by atoms with E-state index < -0.39 is 11.4 Å². The van der Waals surface area contributed by atoms with Gasteiger partial charge in [-0.05, 0) is 26.7 Å². The maximum Gasteiger partial charge on any atom is 0.310 e. The maximum absolute atomic E-state index is 11.8. The molecule has 0 aromatic carbocycles. The summed E-state index contributed by atoms with van der Waals surface area (Å²) in [6.45, 7) is 4.06. The van der Waals surface area contributed by atoms with Crippen molar-refractivity contribution < 1.29 is 9.90 Å². The molecule has 3 nitrogen and oxygen atoms in total. The lowest BCUT2D eigenvalue weighted by Crippen LogP contribution is -2.34. The topological polar surface area (TPSA) is 50.2 Å². The molecule has 0 bridgehead atoms. The van der Waals surface area contributed by atoms with Crippen LogP contribution in [0.15, 0.2) is 0 Å². The quantitative estimate of drug-likeness (QED) is 0.906. The molecule has 1 aliphatic rings. The SMILES string of the molecule is Cc1nc(CC2(C(=O)O)CCCCCCC2)sc1C. The Hall–Kier alpha value is -0.900. The van der Waals surface area contributed by atoms with Crippen molar-refractivity contribution in [1.29, 1.82) is 0 Å². The lowest BCUT2D eigenvalue weighted by atomic mass is 9.74. The van der Waals surface area contributed by atoms with Gasteiger partial charge in [-0.15, -0.1) is 11.3 Å². The molecule has 1 aromatic rings. The summed E-state index contributed by atoms with van der Waals surface area (Å²) in [4.78, 5) is 17.6. The Morgan fingerprint density at radius 3 is 2.26 bits per heavy atom. The summed E-state index contributed by atoms with van der Waals surface area (Å²) in [6, 6.07) is 0. The third-order valence-electron chi connectivity index (χ3n) is 4.33. The van der Waals surface area contributed by atoms with Gasteiger partial charge in [0.05, 0.1) is 16.1 Å². The predicted octanol–water partition coefficient (Wildman–Crippen LogP) is 4.12. The smallest absolute Gasteiger partial charge is 0.310 e. The van der Waals surface area contributed by atoms with E-state index >= 15 is 0 Å². The minimum Gasteiger partial charge on any atom is -0.481 e. The van der Waals surface area contributed by atoms with E-state index in [4.69, 9.17) is 0 Å². The molecule has 0 radical (unpaired) electrons. The molecule has 19 heavy (non-hydrogen) atoms. The summed E-state index contributed by atoms with van der Waals surface area (Å²) in [5.41, 5.74) is 0.475. The molecule has 0 aliphatic heterocycles. The number of aliphatic carboxylic acids is 1. The van der Waals surface area contributed by atoms with E-state index in [1.165, 1.54) is 24.1 Å². The third kappa shape index (κ3) is 3.35. The number of rotatable bonds is 3. The van der Waals surface area contributed by atoms with Gasteiger partial charge in [0.15, 0.2) is 0 Å². The Labute approximate surface area is 119 Å². The molecule has 1 saturated carbocycles. The molecule has 0 unspecified atom stereocenters. The number of carboxylic acid groups (broad SMARTS) is 1. The number of thiazole rings is 1. The largest absolute Gasteiger partial charge is 0.481 e. The number of nitrogens with zero attached hydrogens (tertiary/aromatic N) is 1. The maximum atomic E-state index is 11.8. The van der Waals surface area contributed by atoms with Gasteiger partial charge >= 0.3 is 5.97 Å². The fourth-order valence-electron chi connectivity index (χ4n) is 2.95. The molecule has 106 valence electrons. The van der Waals surface area contributed by atoms with Crippen molar-refractivity contribution in [3.8, 4) is 0 Å². The molecule has 2 rings (SSSR count). The predicted molar refractivity (Wildman–Crippen MR) is 77.7 cm³/mol. The van der Waals surface area contributed by atoms with Crippen molar-refractivity contribution in [3.05, 3.63) is 15.6 Å². The second-order valence-corrected chi connectivity index (χ2v) is 7.07. The molecule has 1 N–H and O–H groups in total. The number of carboxylic acids is 1. The van der Waals surface area contributed by atoms with Gasteiger partial charge in [0.2, 0.25) is 0 Å². The van der Waals surface area contributed by atoms with Crippen molar-refractivity contribution in [3.63, 3.8) is 0 Å². The molecular formula is C15H23NO2S. The Morgan fingerprint density at radius 1 is 1.21 bits per heavy atom. The first-order valence-electron chi connectivity index (χ1n) is 7.20. The fraction of sp³-hybridized carbons (Fsp3) is 0.733. The zero-order chi connectivity index (χ0) is 13.9. The minimum atomic E-state index is -0.625. The van der Waals surface area contributed by atoms with Gasteiger partial charge in [0.1, 0.15) is 0 Å². The normalized spacial score (nSPS) is 19.7. The van der Waals surface area contributed by atoms with Crippen LogP contribution in [0.3, 0.4) is 0 Å². The van der Waals surface area contributed by atoms with Gasteiger partial charge in [-0.1, -0.05) is 32.1 Å². The zero-order valence-electron chi connectivity index (χ0n) is 11.9. The highest BCUT2D eigenvalue weighted by Gasteiger charge is 2.39. The Morgan fingerprint density at radius 2 is 1.79 bits per heavy atom. The van der Waals surface area contributed by atoms with E-state index in [9.17, 15) is 9.90 Å². The average Bonchev–Trinajstić information content (AvgIpc) is 2.61. The molecule has 0 atom stereocenters. The minimum absolute atomic E-state index is 0.572. The second kappa shape index (κ2) is 6.04. The Balaban J connectivity index is 2.20. The number of hydrogen-bond acceptors (Lipinski definition) is 3. The van der Waals surface area contributed by atoms with E-state index in [1.807, 2.05) is 6.92 Å². The summed E-state index contributed by atoms with van der Waals surface area (Å²) in [5.74, 6) is -0.625. The summed E-state index contributed by atoms with van der Waals surface area (Å²) in [6.07, 6.45) is 7.90. The van der Waals surface area contributed by atoms with Crippen molar-refractivity contribution in [1.82, 2.24) is 4.98 Å². The lowest BCUT2D eigenvalue weighted by molar-refractivity contribution is -0.150. The number of aromatic nitrogens is 1. The van der Waals surface area contributed by atoms with E-state index in [-0.39, 0.29) is 0 Å². The first kappa shape index (κ1) is 14.5. The van der Waals surface area contributed by atoms with Crippen LogP contribution in [0.2, 0.25) is 0 Å². The van der Waals surface area contributed by atoms with Gasteiger partial charge in [-0.25, -0.2) is 4.98 Å². The van der Waals surface area contributed by atoms with Crippen LogP contribution in [0, 0.1) is 19.3 Å². The Kier molecular flexibility index (Phi) is 4.61. The molecule has 0 amide bonds. The van der Waals surface area contributed by atoms with Crippen LogP contribution in [0.25, 0.3) is 0 Å². The number of aryl methyl sites for hydroxylation is 2. The number of carbonyl (C=O) groups is 1. The lowest BCUT2D eigenvalue weighted by Gasteiger charge is -2.30. The summed E-state index contributed by atoms with van der Waals surface area (Å²) in [5, 5.41) is 10.7. The monoisotopic (exact) mass is 281 g/mol. The highest BCUT2D eigenvalue weighted by Crippen LogP contribution is 2.38. The fourth-order valence-corrected chi connectivity index (χ4v) is 4.03.